The molecule has 10 heteroatoms. The van der Waals surface area contributed by atoms with Gasteiger partial charge in [0, 0.05) is 38.2 Å². The van der Waals surface area contributed by atoms with Crippen LogP contribution in [0, 0.1) is 0 Å². The van der Waals surface area contributed by atoms with E-state index < -0.39 is 5.60 Å². The molecule has 2 saturated heterocycles. The number of carbonyl (C=O) groups is 2. The van der Waals surface area contributed by atoms with Crippen LogP contribution in [0.15, 0.2) is 18.2 Å². The summed E-state index contributed by atoms with van der Waals surface area (Å²) in [7, 11) is 5.77. The molecule has 0 saturated carbocycles. The number of ether oxygens (including phenoxy) is 3. The third-order valence-corrected chi connectivity index (χ3v) is 5.98. The first-order valence-corrected chi connectivity index (χ1v) is 11.3. The summed E-state index contributed by atoms with van der Waals surface area (Å²) in [6.07, 6.45) is 3.40. The second-order valence-electron chi connectivity index (χ2n) is 9.04. The molecule has 0 bridgehead atoms. The summed E-state index contributed by atoms with van der Waals surface area (Å²) < 4.78 is 17.8. The fraction of sp³-hybridized carbons (Fsp3) is 0.667. The molecule has 0 aromatic heterocycles. The number of carboxylic acid groups (broad SMARTS) is 2. The lowest BCUT2D eigenvalue weighted by Crippen LogP contribution is -2.53. The minimum Gasteiger partial charge on any atom is -0.493 e. The Morgan fingerprint density at radius 3 is 2.29 bits per heavy atom. The fourth-order valence-corrected chi connectivity index (χ4v) is 4.34. The number of piperidine rings is 1. The Bertz CT molecular complexity index is 728. The second kappa shape index (κ2) is 14.8. The molecule has 1 spiro atoms. The minimum absolute atomic E-state index is 0.155. The van der Waals surface area contributed by atoms with Gasteiger partial charge in [-0.2, -0.15) is 0 Å². The molecule has 2 heterocycles. The summed E-state index contributed by atoms with van der Waals surface area (Å²) in [5.74, 6) is 1.64. The van der Waals surface area contributed by atoms with Crippen molar-refractivity contribution in [1.29, 1.82) is 0 Å². The van der Waals surface area contributed by atoms with E-state index in [0.717, 1.165) is 68.9 Å². The SMILES string of the molecule is COc1cccc(CN2CCC3(CC2)CC(C)(O)CCO3)c1OCCN(C)C.O=CO.O=CO. The van der Waals surface area contributed by atoms with Gasteiger partial charge in [-0.1, -0.05) is 12.1 Å². The molecule has 0 radical (unpaired) electrons. The smallest absolute Gasteiger partial charge is 0.290 e. The van der Waals surface area contributed by atoms with Gasteiger partial charge in [0.25, 0.3) is 12.9 Å². The maximum atomic E-state index is 10.5. The Morgan fingerprint density at radius 2 is 1.76 bits per heavy atom. The van der Waals surface area contributed by atoms with Crippen molar-refractivity contribution < 1.29 is 39.1 Å². The summed E-state index contributed by atoms with van der Waals surface area (Å²) in [4.78, 5) is 21.3. The Balaban J connectivity index is 0.000000872. The van der Waals surface area contributed by atoms with Crippen molar-refractivity contribution in [2.75, 3.05) is 54.1 Å². The van der Waals surface area contributed by atoms with Crippen LogP contribution in [0.1, 0.15) is 38.2 Å². The highest BCUT2D eigenvalue weighted by Gasteiger charge is 2.44. The van der Waals surface area contributed by atoms with E-state index in [2.05, 4.69) is 15.9 Å². The summed E-state index contributed by atoms with van der Waals surface area (Å²) >= 11 is 0. The Kier molecular flexibility index (Phi) is 12.9. The molecular weight excluding hydrogens is 444 g/mol. The molecule has 1 aromatic rings. The molecule has 2 fully saturated rings. The van der Waals surface area contributed by atoms with Gasteiger partial charge in [0.15, 0.2) is 11.5 Å². The molecule has 2 aliphatic heterocycles. The van der Waals surface area contributed by atoms with Crippen molar-refractivity contribution >= 4 is 12.9 Å². The van der Waals surface area contributed by atoms with Gasteiger partial charge in [0.2, 0.25) is 0 Å². The normalized spacial score (nSPS) is 21.5. The standard InChI is InChI=1S/C22H36N2O4.2CH2O2/c1-21(25)10-14-28-22(17-21)8-11-24(12-9-22)16-18-6-5-7-19(26-4)20(18)27-15-13-23(2)3;2*2-1-3/h5-7,25H,8-17H2,1-4H3;2*1H,(H,2,3). The number of aliphatic hydroxyl groups is 1. The average molecular weight is 485 g/mol. The summed E-state index contributed by atoms with van der Waals surface area (Å²) in [5, 5.41) is 24.3. The number of benzene rings is 1. The van der Waals surface area contributed by atoms with Gasteiger partial charge in [0.05, 0.1) is 24.9 Å². The maximum absolute atomic E-state index is 10.5. The number of nitrogens with zero attached hydrogens (tertiary/aromatic N) is 2. The number of para-hydroxylation sites is 1. The number of hydrogen-bond acceptors (Lipinski definition) is 8. The van der Waals surface area contributed by atoms with Crippen LogP contribution in [-0.4, -0.2) is 103 Å². The van der Waals surface area contributed by atoms with Crippen LogP contribution in [-0.2, 0) is 20.9 Å². The highest BCUT2D eigenvalue weighted by molar-refractivity contribution is 5.46. The Morgan fingerprint density at radius 1 is 1.15 bits per heavy atom. The highest BCUT2D eigenvalue weighted by Crippen LogP contribution is 2.40. The van der Waals surface area contributed by atoms with Gasteiger partial charge in [0.1, 0.15) is 6.61 Å². The van der Waals surface area contributed by atoms with Crippen molar-refractivity contribution in [3.05, 3.63) is 23.8 Å². The zero-order chi connectivity index (χ0) is 25.6. The van der Waals surface area contributed by atoms with Gasteiger partial charge in [-0.15, -0.1) is 0 Å². The van der Waals surface area contributed by atoms with Crippen LogP contribution in [0.2, 0.25) is 0 Å². The average Bonchev–Trinajstić information content (AvgIpc) is 2.76. The van der Waals surface area contributed by atoms with Crippen molar-refractivity contribution in [2.45, 2.75) is 50.4 Å². The van der Waals surface area contributed by atoms with E-state index in [1.54, 1.807) is 7.11 Å². The number of methoxy groups -OCH3 is 1. The molecule has 1 atom stereocenters. The lowest BCUT2D eigenvalue weighted by molar-refractivity contribution is -0.173. The topological polar surface area (TPSA) is 129 Å². The molecule has 1 aromatic carbocycles. The Hall–Kier alpha value is -2.40. The van der Waals surface area contributed by atoms with E-state index in [9.17, 15) is 5.11 Å². The largest absolute Gasteiger partial charge is 0.493 e. The van der Waals surface area contributed by atoms with Crippen LogP contribution < -0.4 is 9.47 Å². The summed E-state index contributed by atoms with van der Waals surface area (Å²) in [6, 6.07) is 6.11. The third kappa shape index (κ3) is 9.84. The summed E-state index contributed by atoms with van der Waals surface area (Å²) in [6.45, 7) is 6.35. The van der Waals surface area contributed by atoms with Crippen molar-refractivity contribution in [3.8, 4) is 11.5 Å². The maximum Gasteiger partial charge on any atom is 0.290 e. The van der Waals surface area contributed by atoms with Gasteiger partial charge in [-0.05, 0) is 46.3 Å². The predicted molar refractivity (Wildman–Crippen MR) is 127 cm³/mol. The van der Waals surface area contributed by atoms with E-state index in [0.29, 0.717) is 13.2 Å². The van der Waals surface area contributed by atoms with E-state index in [1.165, 1.54) is 0 Å². The molecule has 34 heavy (non-hydrogen) atoms. The number of rotatable bonds is 7. The van der Waals surface area contributed by atoms with Crippen LogP contribution in [0.4, 0.5) is 0 Å². The minimum atomic E-state index is -0.597. The van der Waals surface area contributed by atoms with Crippen molar-refractivity contribution in [1.82, 2.24) is 9.80 Å². The van der Waals surface area contributed by atoms with E-state index >= 15 is 0 Å². The molecule has 3 N–H and O–H groups in total. The molecule has 3 rings (SSSR count). The van der Waals surface area contributed by atoms with Gasteiger partial charge >= 0.3 is 0 Å². The van der Waals surface area contributed by atoms with E-state index in [-0.39, 0.29) is 18.5 Å². The quantitative estimate of drug-likeness (QED) is 0.494. The molecule has 194 valence electrons. The molecule has 2 aliphatic rings. The zero-order valence-corrected chi connectivity index (χ0v) is 20.7. The second-order valence-corrected chi connectivity index (χ2v) is 9.04. The predicted octanol–water partition coefficient (Wildman–Crippen LogP) is 1.93. The molecule has 0 amide bonds. The lowest BCUT2D eigenvalue weighted by atomic mass is 9.78. The van der Waals surface area contributed by atoms with Crippen LogP contribution in [0.5, 0.6) is 11.5 Å². The van der Waals surface area contributed by atoms with Gasteiger partial charge < -0.3 is 34.4 Å². The molecule has 1 unspecified atom stereocenters. The van der Waals surface area contributed by atoms with Gasteiger partial charge in [-0.3, -0.25) is 14.5 Å². The zero-order valence-electron chi connectivity index (χ0n) is 20.7. The number of likely N-dealkylation sites (N-methyl/N-ethyl adjacent to an activating group) is 1. The molecule has 10 nitrogen and oxygen atoms in total. The highest BCUT2D eigenvalue weighted by atomic mass is 16.5. The third-order valence-electron chi connectivity index (χ3n) is 5.98. The van der Waals surface area contributed by atoms with Crippen LogP contribution >= 0.6 is 0 Å². The monoisotopic (exact) mass is 484 g/mol. The first-order chi connectivity index (χ1) is 16.2. The first-order valence-electron chi connectivity index (χ1n) is 11.3. The lowest BCUT2D eigenvalue weighted by Gasteiger charge is -2.48. The molecule has 0 aliphatic carbocycles. The van der Waals surface area contributed by atoms with Crippen LogP contribution in [0.25, 0.3) is 0 Å². The Labute approximate surface area is 202 Å². The van der Waals surface area contributed by atoms with E-state index in [1.807, 2.05) is 33.2 Å². The van der Waals surface area contributed by atoms with Gasteiger partial charge in [-0.25, -0.2) is 0 Å². The van der Waals surface area contributed by atoms with Crippen molar-refractivity contribution in [3.63, 3.8) is 0 Å². The summed E-state index contributed by atoms with van der Waals surface area (Å²) in [5.41, 5.74) is 0.406. The first kappa shape index (κ1) is 29.6. The van der Waals surface area contributed by atoms with Crippen LogP contribution in [0.3, 0.4) is 0 Å². The fourth-order valence-electron chi connectivity index (χ4n) is 4.34. The van der Waals surface area contributed by atoms with Crippen molar-refractivity contribution in [2.24, 2.45) is 0 Å². The number of likely N-dealkylation sites (tertiary alicyclic amines) is 1. The number of hydrogen-bond donors (Lipinski definition) is 3. The molecular formula is C24H40N2O8. The van der Waals surface area contributed by atoms with E-state index in [4.69, 9.17) is 34.0 Å².